The molecule has 2 rings (SSSR count). The Labute approximate surface area is 122 Å². The number of hydrogen-bond donors (Lipinski definition) is 2. The number of methoxy groups -OCH3 is 1. The number of nitrogens with zero attached hydrogens (tertiary/aromatic N) is 3. The van der Waals surface area contributed by atoms with Gasteiger partial charge in [0.15, 0.2) is 5.82 Å². The monoisotopic (exact) mass is 290 g/mol. The molecule has 112 valence electrons. The summed E-state index contributed by atoms with van der Waals surface area (Å²) in [4.78, 5) is 15.0. The third-order valence-corrected chi connectivity index (χ3v) is 2.91. The lowest BCUT2D eigenvalue weighted by atomic mass is 10.2. The first-order valence-corrected chi connectivity index (χ1v) is 6.65. The van der Waals surface area contributed by atoms with Crippen LogP contribution < -0.4 is 5.32 Å². The molecule has 0 saturated carbocycles. The molecular formula is C14H18N4O3. The Balaban J connectivity index is 2.16. The zero-order chi connectivity index (χ0) is 15.1. The Morgan fingerprint density at radius 1 is 1.38 bits per heavy atom. The lowest BCUT2D eigenvalue weighted by Gasteiger charge is -2.04. The van der Waals surface area contributed by atoms with E-state index in [0.29, 0.717) is 31.9 Å². The fraction of sp³-hybridized carbons (Fsp3) is 0.357. The molecule has 0 atom stereocenters. The molecule has 2 aromatic rings. The zero-order valence-corrected chi connectivity index (χ0v) is 11.8. The molecule has 7 nitrogen and oxygen atoms in total. The van der Waals surface area contributed by atoms with E-state index in [9.17, 15) is 4.79 Å². The number of benzene rings is 1. The predicted octanol–water partition coefficient (Wildman–Crippen LogP) is 1.40. The molecular weight excluding hydrogens is 272 g/mol. The van der Waals surface area contributed by atoms with Crippen LogP contribution in [0.4, 0.5) is 4.79 Å². The van der Waals surface area contributed by atoms with Crippen molar-refractivity contribution in [1.82, 2.24) is 20.1 Å². The minimum Gasteiger partial charge on any atom is -0.465 e. The number of aromatic nitrogens is 3. The average molecular weight is 290 g/mol. The molecule has 7 heteroatoms. The summed E-state index contributed by atoms with van der Waals surface area (Å²) in [5.41, 5.74) is 0.932. The molecule has 1 amide bonds. The number of carboxylic acid groups (broad SMARTS) is 1. The SMILES string of the molecule is COCCn1nc(-c2ccccc2)nc1CCNC(=O)O. The number of nitrogens with one attached hydrogen (secondary N) is 1. The second kappa shape index (κ2) is 7.39. The molecule has 0 aliphatic heterocycles. The molecule has 0 radical (unpaired) electrons. The van der Waals surface area contributed by atoms with Crippen LogP contribution in [0.2, 0.25) is 0 Å². The van der Waals surface area contributed by atoms with Crippen LogP contribution in [0.3, 0.4) is 0 Å². The van der Waals surface area contributed by atoms with Crippen molar-refractivity contribution < 1.29 is 14.6 Å². The summed E-state index contributed by atoms with van der Waals surface area (Å²) in [5, 5.41) is 15.4. The maximum atomic E-state index is 10.5. The summed E-state index contributed by atoms with van der Waals surface area (Å²) in [5.74, 6) is 1.37. The van der Waals surface area contributed by atoms with E-state index in [1.807, 2.05) is 30.3 Å². The Bertz CT molecular complexity index is 583. The van der Waals surface area contributed by atoms with Crippen molar-refractivity contribution >= 4 is 6.09 Å². The van der Waals surface area contributed by atoms with Gasteiger partial charge in [-0.05, 0) is 0 Å². The standard InChI is InChI=1S/C14H18N4O3/c1-21-10-9-18-12(7-8-15-14(19)20)16-13(17-18)11-5-3-2-4-6-11/h2-6,15H,7-10H2,1H3,(H,19,20). The van der Waals surface area contributed by atoms with E-state index in [1.54, 1.807) is 11.8 Å². The number of carbonyl (C=O) groups is 1. The topological polar surface area (TPSA) is 89.3 Å². The summed E-state index contributed by atoms with van der Waals surface area (Å²) in [7, 11) is 1.63. The number of rotatable bonds is 7. The lowest BCUT2D eigenvalue weighted by Crippen LogP contribution is -2.24. The first-order chi connectivity index (χ1) is 10.2. The predicted molar refractivity (Wildman–Crippen MR) is 77.1 cm³/mol. The molecule has 1 aromatic heterocycles. The molecule has 0 aliphatic rings. The summed E-state index contributed by atoms with van der Waals surface area (Å²) < 4.78 is 6.82. The molecule has 21 heavy (non-hydrogen) atoms. The van der Waals surface area contributed by atoms with Gasteiger partial charge >= 0.3 is 6.09 Å². The molecule has 0 unspecified atom stereocenters. The van der Waals surface area contributed by atoms with E-state index in [0.717, 1.165) is 11.4 Å². The third kappa shape index (κ3) is 4.28. The third-order valence-electron chi connectivity index (χ3n) is 2.91. The molecule has 0 saturated heterocycles. The molecule has 0 bridgehead atoms. The van der Waals surface area contributed by atoms with Crippen LogP contribution in [0.5, 0.6) is 0 Å². The van der Waals surface area contributed by atoms with E-state index in [1.165, 1.54) is 0 Å². The van der Waals surface area contributed by atoms with Gasteiger partial charge in [-0.1, -0.05) is 30.3 Å². The molecule has 0 fully saturated rings. The Morgan fingerprint density at radius 2 is 2.14 bits per heavy atom. The van der Waals surface area contributed by atoms with Crippen LogP contribution in [0.1, 0.15) is 5.82 Å². The van der Waals surface area contributed by atoms with Crippen molar-refractivity contribution in [2.45, 2.75) is 13.0 Å². The minimum atomic E-state index is -1.04. The highest BCUT2D eigenvalue weighted by molar-refractivity contribution is 5.64. The normalized spacial score (nSPS) is 10.5. The van der Waals surface area contributed by atoms with Gasteiger partial charge < -0.3 is 15.2 Å². The minimum absolute atomic E-state index is 0.301. The summed E-state index contributed by atoms with van der Waals surface area (Å²) in [6.45, 7) is 1.41. The zero-order valence-electron chi connectivity index (χ0n) is 11.8. The largest absolute Gasteiger partial charge is 0.465 e. The van der Waals surface area contributed by atoms with Crippen LogP contribution >= 0.6 is 0 Å². The molecule has 2 N–H and O–H groups in total. The first-order valence-electron chi connectivity index (χ1n) is 6.65. The van der Waals surface area contributed by atoms with Gasteiger partial charge in [0.1, 0.15) is 5.82 Å². The Morgan fingerprint density at radius 3 is 2.81 bits per heavy atom. The van der Waals surface area contributed by atoms with Crippen LogP contribution in [0.15, 0.2) is 30.3 Å². The quantitative estimate of drug-likeness (QED) is 0.804. The smallest absolute Gasteiger partial charge is 0.404 e. The van der Waals surface area contributed by atoms with Gasteiger partial charge in [0.25, 0.3) is 0 Å². The molecule has 0 spiro atoms. The van der Waals surface area contributed by atoms with Crippen molar-refractivity contribution in [3.05, 3.63) is 36.2 Å². The van der Waals surface area contributed by atoms with E-state index in [2.05, 4.69) is 15.4 Å². The van der Waals surface area contributed by atoms with E-state index >= 15 is 0 Å². The van der Waals surface area contributed by atoms with Crippen LogP contribution in [-0.4, -0.2) is 46.2 Å². The fourth-order valence-electron chi connectivity index (χ4n) is 1.91. The Hall–Kier alpha value is -2.41. The van der Waals surface area contributed by atoms with Crippen LogP contribution in [0.25, 0.3) is 11.4 Å². The van der Waals surface area contributed by atoms with E-state index in [4.69, 9.17) is 9.84 Å². The highest BCUT2D eigenvalue weighted by atomic mass is 16.5. The highest BCUT2D eigenvalue weighted by Crippen LogP contribution is 2.15. The second-order valence-electron chi connectivity index (χ2n) is 4.42. The van der Waals surface area contributed by atoms with Crippen molar-refractivity contribution in [2.75, 3.05) is 20.3 Å². The van der Waals surface area contributed by atoms with Gasteiger partial charge in [0.05, 0.1) is 13.2 Å². The summed E-state index contributed by atoms with van der Waals surface area (Å²) in [6.07, 6.45) is -0.559. The summed E-state index contributed by atoms with van der Waals surface area (Å²) in [6, 6.07) is 9.67. The van der Waals surface area contributed by atoms with Crippen molar-refractivity contribution in [3.63, 3.8) is 0 Å². The number of ether oxygens (including phenoxy) is 1. The maximum Gasteiger partial charge on any atom is 0.404 e. The fourth-order valence-corrected chi connectivity index (χ4v) is 1.91. The highest BCUT2D eigenvalue weighted by Gasteiger charge is 2.11. The van der Waals surface area contributed by atoms with Crippen molar-refractivity contribution in [2.24, 2.45) is 0 Å². The number of hydrogen-bond acceptors (Lipinski definition) is 4. The van der Waals surface area contributed by atoms with Crippen molar-refractivity contribution in [3.8, 4) is 11.4 Å². The van der Waals surface area contributed by atoms with E-state index in [-0.39, 0.29) is 0 Å². The second-order valence-corrected chi connectivity index (χ2v) is 4.42. The molecule has 1 aromatic carbocycles. The van der Waals surface area contributed by atoms with Crippen LogP contribution in [-0.2, 0) is 17.7 Å². The summed E-state index contributed by atoms with van der Waals surface area (Å²) >= 11 is 0. The van der Waals surface area contributed by atoms with Gasteiger partial charge in [0, 0.05) is 25.6 Å². The van der Waals surface area contributed by atoms with Gasteiger partial charge in [-0.2, -0.15) is 5.10 Å². The number of amides is 1. The van der Waals surface area contributed by atoms with Gasteiger partial charge in [-0.15, -0.1) is 0 Å². The Kier molecular flexibility index (Phi) is 5.28. The first kappa shape index (κ1) is 15.0. The van der Waals surface area contributed by atoms with Gasteiger partial charge in [-0.3, -0.25) is 0 Å². The van der Waals surface area contributed by atoms with Gasteiger partial charge in [-0.25, -0.2) is 14.5 Å². The van der Waals surface area contributed by atoms with Crippen molar-refractivity contribution in [1.29, 1.82) is 0 Å². The lowest BCUT2D eigenvalue weighted by molar-refractivity contribution is 0.182. The van der Waals surface area contributed by atoms with E-state index < -0.39 is 6.09 Å². The molecule has 0 aliphatic carbocycles. The van der Waals surface area contributed by atoms with Crippen LogP contribution in [0, 0.1) is 0 Å². The molecule has 1 heterocycles. The average Bonchev–Trinajstić information content (AvgIpc) is 2.89. The maximum absolute atomic E-state index is 10.5. The van der Waals surface area contributed by atoms with Gasteiger partial charge in [0.2, 0.25) is 0 Å².